The summed E-state index contributed by atoms with van der Waals surface area (Å²) in [5.74, 6) is 5.22. The van der Waals surface area contributed by atoms with E-state index in [0.29, 0.717) is 11.3 Å². The molecule has 0 radical (unpaired) electrons. The summed E-state index contributed by atoms with van der Waals surface area (Å²) in [6.07, 6.45) is 3.40. The van der Waals surface area contributed by atoms with Crippen LogP contribution in [0.3, 0.4) is 0 Å². The number of nitrogens with zero attached hydrogens (tertiary/aromatic N) is 1. The molecule has 0 N–H and O–H groups in total. The lowest BCUT2D eigenvalue weighted by molar-refractivity contribution is -0.128. The molecule has 0 bridgehead atoms. The Morgan fingerprint density at radius 1 is 0.862 bits per heavy atom. The van der Waals surface area contributed by atoms with Gasteiger partial charge in [0.15, 0.2) is 0 Å². The minimum atomic E-state index is -0.591. The van der Waals surface area contributed by atoms with Crippen molar-refractivity contribution < 1.29 is 9.53 Å². The molecule has 0 aliphatic rings. The quantitative estimate of drug-likeness (QED) is 0.333. The Balaban J connectivity index is 1.59. The average molecular weight is 379 g/mol. The Bertz CT molecular complexity index is 1060. The van der Waals surface area contributed by atoms with Gasteiger partial charge in [0.2, 0.25) is 0 Å². The SMILES string of the molecule is CCCCc1ccc(C#CC(=O)Oc2ccc(-c3ccc(C#N)cc3)cc2)cc1. The van der Waals surface area contributed by atoms with Gasteiger partial charge in [-0.3, -0.25) is 0 Å². The first-order chi connectivity index (χ1) is 14.2. The van der Waals surface area contributed by atoms with E-state index in [0.717, 1.165) is 23.1 Å². The Labute approximate surface area is 171 Å². The van der Waals surface area contributed by atoms with Crippen molar-refractivity contribution in [3.05, 3.63) is 89.5 Å². The molecular weight excluding hydrogens is 358 g/mol. The Kier molecular flexibility index (Phi) is 6.82. The third-order valence-electron chi connectivity index (χ3n) is 4.49. The Morgan fingerprint density at radius 3 is 2.03 bits per heavy atom. The van der Waals surface area contributed by atoms with Crippen LogP contribution in [0.1, 0.15) is 36.5 Å². The normalized spacial score (nSPS) is 9.79. The number of aryl methyl sites for hydroxylation is 1. The van der Waals surface area contributed by atoms with Crippen molar-refractivity contribution in [1.82, 2.24) is 0 Å². The summed E-state index contributed by atoms with van der Waals surface area (Å²) >= 11 is 0. The molecule has 0 saturated heterocycles. The molecule has 0 aromatic heterocycles. The molecule has 0 spiro atoms. The van der Waals surface area contributed by atoms with Crippen LogP contribution in [0.25, 0.3) is 11.1 Å². The highest BCUT2D eigenvalue weighted by atomic mass is 16.5. The second kappa shape index (κ2) is 9.93. The smallest absolute Gasteiger partial charge is 0.390 e. The van der Waals surface area contributed by atoms with Crippen LogP contribution in [0.2, 0.25) is 0 Å². The number of esters is 1. The molecule has 0 atom stereocenters. The number of benzene rings is 3. The molecule has 3 rings (SSSR count). The second-order valence-corrected chi connectivity index (χ2v) is 6.65. The molecule has 3 aromatic rings. The van der Waals surface area contributed by atoms with E-state index in [2.05, 4.69) is 24.8 Å². The van der Waals surface area contributed by atoms with E-state index >= 15 is 0 Å². The standard InChI is InChI=1S/C26H21NO2/c1-2-3-4-20-5-7-21(8-6-20)11-18-26(28)29-25-16-14-24(15-17-25)23-12-9-22(19-27)10-13-23/h5-10,12-17H,2-4H2,1H3. The van der Waals surface area contributed by atoms with Crippen molar-refractivity contribution in [2.45, 2.75) is 26.2 Å². The van der Waals surface area contributed by atoms with Crippen molar-refractivity contribution >= 4 is 5.97 Å². The zero-order valence-electron chi connectivity index (χ0n) is 16.3. The first-order valence-electron chi connectivity index (χ1n) is 9.61. The fourth-order valence-electron chi connectivity index (χ4n) is 2.84. The summed E-state index contributed by atoms with van der Waals surface area (Å²) in [5.41, 5.74) is 4.65. The predicted octanol–water partition coefficient (Wildman–Crippen LogP) is 5.52. The van der Waals surface area contributed by atoms with Gasteiger partial charge in [-0.1, -0.05) is 55.7 Å². The summed E-state index contributed by atoms with van der Waals surface area (Å²) < 4.78 is 5.28. The van der Waals surface area contributed by atoms with Crippen molar-refractivity contribution in [1.29, 1.82) is 5.26 Å². The number of carbonyl (C=O) groups excluding carboxylic acids is 1. The van der Waals surface area contributed by atoms with Gasteiger partial charge in [-0.05, 0) is 65.9 Å². The summed E-state index contributed by atoms with van der Waals surface area (Å²) in [7, 11) is 0. The number of nitriles is 1. The van der Waals surface area contributed by atoms with E-state index in [9.17, 15) is 4.79 Å². The number of rotatable bonds is 5. The summed E-state index contributed by atoms with van der Waals surface area (Å²) in [6, 6.07) is 24.6. The van der Waals surface area contributed by atoms with E-state index < -0.39 is 5.97 Å². The van der Waals surface area contributed by atoms with E-state index in [1.54, 1.807) is 24.3 Å². The van der Waals surface area contributed by atoms with Crippen LogP contribution in [0.15, 0.2) is 72.8 Å². The zero-order valence-corrected chi connectivity index (χ0v) is 16.3. The van der Waals surface area contributed by atoms with Crippen LogP contribution >= 0.6 is 0 Å². The number of unbranched alkanes of at least 4 members (excludes halogenated alkanes) is 1. The van der Waals surface area contributed by atoms with Gasteiger partial charge in [-0.15, -0.1) is 0 Å². The fourth-order valence-corrected chi connectivity index (χ4v) is 2.84. The Morgan fingerprint density at radius 2 is 1.45 bits per heavy atom. The fraction of sp³-hybridized carbons (Fsp3) is 0.154. The molecule has 3 nitrogen and oxygen atoms in total. The van der Waals surface area contributed by atoms with Crippen molar-refractivity contribution in [2.75, 3.05) is 0 Å². The first kappa shape index (κ1) is 19.9. The molecule has 0 aliphatic heterocycles. The molecule has 0 fully saturated rings. The van der Waals surface area contributed by atoms with Gasteiger partial charge >= 0.3 is 5.97 Å². The van der Waals surface area contributed by atoms with Gasteiger partial charge in [0.25, 0.3) is 0 Å². The van der Waals surface area contributed by atoms with Crippen LogP contribution in [0.4, 0.5) is 0 Å². The minimum absolute atomic E-state index is 0.441. The summed E-state index contributed by atoms with van der Waals surface area (Å²) in [6.45, 7) is 2.17. The Hall–Kier alpha value is -3.82. The molecule has 0 aliphatic carbocycles. The van der Waals surface area contributed by atoms with Gasteiger partial charge in [0.05, 0.1) is 11.6 Å². The molecule has 0 heterocycles. The lowest BCUT2D eigenvalue weighted by Crippen LogP contribution is -2.04. The molecule has 3 heteroatoms. The maximum Gasteiger partial charge on any atom is 0.390 e. The maximum absolute atomic E-state index is 12.0. The van der Waals surface area contributed by atoms with E-state index in [1.807, 2.05) is 48.5 Å². The van der Waals surface area contributed by atoms with Gasteiger partial charge in [0.1, 0.15) is 5.75 Å². The van der Waals surface area contributed by atoms with E-state index in [4.69, 9.17) is 10.00 Å². The molecule has 142 valence electrons. The average Bonchev–Trinajstić information content (AvgIpc) is 2.77. The second-order valence-electron chi connectivity index (χ2n) is 6.65. The number of hydrogen-bond donors (Lipinski definition) is 0. The van der Waals surface area contributed by atoms with Crippen LogP contribution in [-0.2, 0) is 11.2 Å². The van der Waals surface area contributed by atoms with Crippen molar-refractivity contribution in [3.8, 4) is 34.8 Å². The molecule has 0 saturated carbocycles. The predicted molar refractivity (Wildman–Crippen MR) is 114 cm³/mol. The van der Waals surface area contributed by atoms with Crippen LogP contribution in [0.5, 0.6) is 5.75 Å². The lowest BCUT2D eigenvalue weighted by Gasteiger charge is -2.04. The lowest BCUT2D eigenvalue weighted by atomic mass is 10.0. The molecule has 29 heavy (non-hydrogen) atoms. The number of carbonyl (C=O) groups is 1. The number of hydrogen-bond acceptors (Lipinski definition) is 3. The maximum atomic E-state index is 12.0. The highest BCUT2D eigenvalue weighted by Gasteiger charge is 2.03. The molecule has 3 aromatic carbocycles. The van der Waals surface area contributed by atoms with E-state index in [1.165, 1.54) is 18.4 Å². The minimum Gasteiger partial charge on any atom is -0.417 e. The van der Waals surface area contributed by atoms with Crippen LogP contribution < -0.4 is 4.74 Å². The van der Waals surface area contributed by atoms with Gasteiger partial charge < -0.3 is 4.74 Å². The molecular formula is C26H21NO2. The highest BCUT2D eigenvalue weighted by molar-refractivity contribution is 5.90. The van der Waals surface area contributed by atoms with Gasteiger partial charge in [-0.2, -0.15) is 5.26 Å². The van der Waals surface area contributed by atoms with Crippen LogP contribution in [-0.4, -0.2) is 5.97 Å². The van der Waals surface area contributed by atoms with Gasteiger partial charge in [0, 0.05) is 11.5 Å². The topological polar surface area (TPSA) is 50.1 Å². The van der Waals surface area contributed by atoms with Crippen molar-refractivity contribution in [2.24, 2.45) is 0 Å². The largest absolute Gasteiger partial charge is 0.417 e. The third-order valence-corrected chi connectivity index (χ3v) is 4.49. The molecule has 0 unspecified atom stereocenters. The van der Waals surface area contributed by atoms with E-state index in [-0.39, 0.29) is 0 Å². The third kappa shape index (κ3) is 5.83. The molecule has 0 amide bonds. The zero-order chi connectivity index (χ0) is 20.5. The number of ether oxygens (including phenoxy) is 1. The highest BCUT2D eigenvalue weighted by Crippen LogP contribution is 2.22. The summed E-state index contributed by atoms with van der Waals surface area (Å²) in [5, 5.41) is 8.87. The summed E-state index contributed by atoms with van der Waals surface area (Å²) in [4.78, 5) is 12.0. The van der Waals surface area contributed by atoms with Crippen molar-refractivity contribution in [3.63, 3.8) is 0 Å². The van der Waals surface area contributed by atoms with Gasteiger partial charge in [-0.25, -0.2) is 4.79 Å². The first-order valence-corrected chi connectivity index (χ1v) is 9.61. The van der Waals surface area contributed by atoms with Crippen LogP contribution in [0, 0.1) is 23.2 Å². The monoisotopic (exact) mass is 379 g/mol.